The highest BCUT2D eigenvalue weighted by molar-refractivity contribution is 5.97. The topological polar surface area (TPSA) is 97.2 Å². The van der Waals surface area contributed by atoms with Gasteiger partial charge >= 0.3 is 0 Å². The van der Waals surface area contributed by atoms with Crippen molar-refractivity contribution in [2.24, 2.45) is 0 Å². The van der Waals surface area contributed by atoms with Crippen LogP contribution in [0, 0.1) is 0 Å². The Bertz CT molecular complexity index is 1220. The lowest BCUT2D eigenvalue weighted by Crippen LogP contribution is -2.41. The number of hydrogen-bond donors (Lipinski definition) is 1. The van der Waals surface area contributed by atoms with Crippen LogP contribution >= 0.6 is 0 Å². The molecule has 2 aromatic heterocycles. The normalized spacial score (nSPS) is 15.2. The molecule has 1 aliphatic heterocycles. The first-order chi connectivity index (χ1) is 15.6. The summed E-state index contributed by atoms with van der Waals surface area (Å²) < 4.78 is 1.58. The van der Waals surface area contributed by atoms with Gasteiger partial charge in [0.1, 0.15) is 11.9 Å². The Kier molecular flexibility index (Phi) is 5.26. The third kappa shape index (κ3) is 4.03. The molecular weight excluding hydrogens is 406 g/mol. The second kappa shape index (κ2) is 8.37. The van der Waals surface area contributed by atoms with Crippen LogP contribution in [0.25, 0.3) is 0 Å². The Morgan fingerprint density at radius 1 is 1.09 bits per heavy atom. The van der Waals surface area contributed by atoms with E-state index < -0.39 is 0 Å². The highest BCUT2D eigenvalue weighted by Crippen LogP contribution is 2.24. The van der Waals surface area contributed by atoms with Crippen molar-refractivity contribution in [2.45, 2.75) is 38.4 Å². The second-order valence-corrected chi connectivity index (χ2v) is 8.28. The largest absolute Gasteiger partial charge is 0.349 e. The van der Waals surface area contributed by atoms with Crippen molar-refractivity contribution in [2.75, 3.05) is 6.54 Å². The molecule has 5 rings (SSSR count). The Morgan fingerprint density at radius 2 is 1.84 bits per heavy atom. The monoisotopic (exact) mass is 429 g/mol. The van der Waals surface area contributed by atoms with Crippen molar-refractivity contribution < 1.29 is 9.59 Å². The van der Waals surface area contributed by atoms with Crippen LogP contribution in [0.3, 0.4) is 0 Å². The average molecular weight is 429 g/mol. The summed E-state index contributed by atoms with van der Waals surface area (Å²) in [5, 5.41) is 2.96. The molecule has 1 N–H and O–H groups in total. The van der Waals surface area contributed by atoms with E-state index >= 15 is 0 Å². The van der Waals surface area contributed by atoms with E-state index in [1.54, 1.807) is 15.7 Å². The molecule has 3 aromatic rings. The van der Waals surface area contributed by atoms with Crippen LogP contribution in [0.5, 0.6) is 0 Å². The predicted octanol–water partition coefficient (Wildman–Crippen LogP) is 1.78. The molecule has 3 heterocycles. The Balaban J connectivity index is 1.52. The van der Waals surface area contributed by atoms with Gasteiger partial charge in [0.25, 0.3) is 17.4 Å². The zero-order valence-electron chi connectivity index (χ0n) is 17.5. The Morgan fingerprint density at radius 3 is 2.56 bits per heavy atom. The van der Waals surface area contributed by atoms with E-state index in [-0.39, 0.29) is 29.0 Å². The highest BCUT2D eigenvalue weighted by atomic mass is 16.2. The first-order valence-electron chi connectivity index (χ1n) is 10.7. The first kappa shape index (κ1) is 20.1. The SMILES string of the molecule is O=C(NC1CC1)c1c2c(cn(Cc3ccccc3)c1=O)CN(C(=O)c1cncnc1)CC2. The molecule has 2 amide bonds. The quantitative estimate of drug-likeness (QED) is 0.667. The van der Waals surface area contributed by atoms with Crippen LogP contribution < -0.4 is 10.9 Å². The smallest absolute Gasteiger partial charge is 0.264 e. The van der Waals surface area contributed by atoms with Crippen molar-refractivity contribution in [1.82, 2.24) is 24.8 Å². The van der Waals surface area contributed by atoms with Crippen LogP contribution in [0.1, 0.15) is 50.2 Å². The van der Waals surface area contributed by atoms with E-state index in [0.29, 0.717) is 31.6 Å². The summed E-state index contributed by atoms with van der Waals surface area (Å²) >= 11 is 0. The minimum atomic E-state index is -0.313. The van der Waals surface area contributed by atoms with Crippen molar-refractivity contribution >= 4 is 11.8 Å². The molecule has 0 unspecified atom stereocenters. The van der Waals surface area contributed by atoms with Crippen LogP contribution in [0.4, 0.5) is 0 Å². The van der Waals surface area contributed by atoms with Crippen LogP contribution in [0.15, 0.2) is 60.0 Å². The van der Waals surface area contributed by atoms with E-state index in [2.05, 4.69) is 15.3 Å². The zero-order chi connectivity index (χ0) is 22.1. The number of carbonyl (C=O) groups excluding carboxylic acids is 2. The van der Waals surface area contributed by atoms with Crippen LogP contribution in [-0.4, -0.2) is 43.8 Å². The second-order valence-electron chi connectivity index (χ2n) is 8.28. The van der Waals surface area contributed by atoms with Gasteiger partial charge < -0.3 is 14.8 Å². The van der Waals surface area contributed by atoms with E-state index in [1.807, 2.05) is 30.3 Å². The molecule has 1 aliphatic carbocycles. The molecule has 8 heteroatoms. The maximum absolute atomic E-state index is 13.3. The molecule has 1 aromatic carbocycles. The number of amides is 2. The average Bonchev–Trinajstić information content (AvgIpc) is 3.64. The van der Waals surface area contributed by atoms with Gasteiger partial charge in [0.05, 0.1) is 12.1 Å². The number of aromatic nitrogens is 3. The van der Waals surface area contributed by atoms with Gasteiger partial charge in [0.15, 0.2) is 0 Å². The minimum Gasteiger partial charge on any atom is -0.349 e. The molecule has 2 aliphatic rings. The van der Waals surface area contributed by atoms with Crippen LogP contribution in [-0.2, 0) is 19.5 Å². The molecule has 8 nitrogen and oxygen atoms in total. The molecule has 1 fully saturated rings. The fourth-order valence-corrected chi connectivity index (χ4v) is 4.09. The van der Waals surface area contributed by atoms with E-state index in [9.17, 15) is 14.4 Å². The molecule has 0 saturated heterocycles. The molecule has 0 radical (unpaired) electrons. The summed E-state index contributed by atoms with van der Waals surface area (Å²) in [5.41, 5.74) is 2.86. The highest BCUT2D eigenvalue weighted by Gasteiger charge is 2.31. The lowest BCUT2D eigenvalue weighted by atomic mass is 9.95. The molecule has 0 atom stereocenters. The van der Waals surface area contributed by atoms with Crippen LogP contribution in [0.2, 0.25) is 0 Å². The number of hydrogen-bond acceptors (Lipinski definition) is 5. The van der Waals surface area contributed by atoms with E-state index in [0.717, 1.165) is 29.5 Å². The van der Waals surface area contributed by atoms with Gasteiger partial charge in [0, 0.05) is 37.7 Å². The lowest BCUT2D eigenvalue weighted by Gasteiger charge is -2.30. The van der Waals surface area contributed by atoms with Gasteiger partial charge in [-0.15, -0.1) is 0 Å². The summed E-state index contributed by atoms with van der Waals surface area (Å²) in [6, 6.07) is 9.80. The predicted molar refractivity (Wildman–Crippen MR) is 117 cm³/mol. The number of pyridine rings is 1. The van der Waals surface area contributed by atoms with Crippen molar-refractivity contribution in [3.63, 3.8) is 0 Å². The molecule has 0 bridgehead atoms. The van der Waals surface area contributed by atoms with E-state index in [4.69, 9.17) is 0 Å². The fourth-order valence-electron chi connectivity index (χ4n) is 4.09. The molecule has 162 valence electrons. The Labute approximate surface area is 184 Å². The van der Waals surface area contributed by atoms with Gasteiger partial charge in [-0.1, -0.05) is 30.3 Å². The fraction of sp³-hybridized carbons (Fsp3) is 0.292. The number of fused-ring (bicyclic) bond motifs is 1. The number of benzene rings is 1. The van der Waals surface area contributed by atoms with Gasteiger partial charge in [-0.2, -0.15) is 0 Å². The molecule has 1 saturated carbocycles. The Hall–Kier alpha value is -3.81. The summed E-state index contributed by atoms with van der Waals surface area (Å²) in [6.45, 7) is 1.10. The zero-order valence-corrected chi connectivity index (χ0v) is 17.5. The number of nitrogens with zero attached hydrogens (tertiary/aromatic N) is 4. The first-order valence-corrected chi connectivity index (χ1v) is 10.7. The summed E-state index contributed by atoms with van der Waals surface area (Å²) in [4.78, 5) is 48.8. The third-order valence-electron chi connectivity index (χ3n) is 5.90. The van der Waals surface area contributed by atoms with E-state index in [1.165, 1.54) is 18.7 Å². The van der Waals surface area contributed by atoms with Crippen molar-refractivity contribution in [1.29, 1.82) is 0 Å². The summed E-state index contributed by atoms with van der Waals surface area (Å²) in [5.74, 6) is -0.478. The number of nitrogens with one attached hydrogen (secondary N) is 1. The maximum atomic E-state index is 13.3. The minimum absolute atomic E-state index is 0.153. The lowest BCUT2D eigenvalue weighted by molar-refractivity contribution is 0.0733. The molecular formula is C24H23N5O3. The third-order valence-corrected chi connectivity index (χ3v) is 5.90. The standard InChI is InChI=1S/C24H23N5O3/c30-22(27-19-6-7-19)21-20-8-9-28(23(31)17-10-25-15-26-11-17)13-18(20)14-29(24(21)32)12-16-4-2-1-3-5-16/h1-5,10-11,14-15,19H,6-9,12-13H2,(H,27,30). The maximum Gasteiger partial charge on any atom is 0.264 e. The molecule has 32 heavy (non-hydrogen) atoms. The van der Waals surface area contributed by atoms with Crippen molar-refractivity contribution in [3.8, 4) is 0 Å². The van der Waals surface area contributed by atoms with Gasteiger partial charge in [-0.25, -0.2) is 9.97 Å². The number of rotatable bonds is 5. The van der Waals surface area contributed by atoms with Gasteiger partial charge in [-0.05, 0) is 36.0 Å². The van der Waals surface area contributed by atoms with Crippen molar-refractivity contribution in [3.05, 3.63) is 93.4 Å². The summed E-state index contributed by atoms with van der Waals surface area (Å²) in [7, 11) is 0. The van der Waals surface area contributed by atoms with Gasteiger partial charge in [-0.3, -0.25) is 14.4 Å². The summed E-state index contributed by atoms with van der Waals surface area (Å²) in [6.07, 6.45) is 8.50. The number of carbonyl (C=O) groups is 2. The molecule has 0 spiro atoms. The van der Waals surface area contributed by atoms with Gasteiger partial charge in [0.2, 0.25) is 0 Å².